The summed E-state index contributed by atoms with van der Waals surface area (Å²) < 4.78 is 42.4. The van der Waals surface area contributed by atoms with Crippen molar-refractivity contribution < 1.29 is 16.2 Å². The summed E-state index contributed by atoms with van der Waals surface area (Å²) in [5.74, 6) is 0. The van der Waals surface area contributed by atoms with Gasteiger partial charge in [0.15, 0.2) is 0 Å². The van der Waals surface area contributed by atoms with E-state index in [0.717, 1.165) is 0 Å². The molecule has 0 aromatic heterocycles. The van der Waals surface area contributed by atoms with Gasteiger partial charge in [-0.05, 0) is 0 Å². The maximum atomic E-state index is 12.6. The van der Waals surface area contributed by atoms with E-state index in [9.17, 15) is 13.2 Å². The fourth-order valence-electron chi connectivity index (χ4n) is 1.74. The Morgan fingerprint density at radius 2 is 1.73 bits per heavy atom. The van der Waals surface area contributed by atoms with Gasteiger partial charge >= 0.3 is 103 Å². The van der Waals surface area contributed by atoms with Crippen LogP contribution in [0.5, 0.6) is 0 Å². The zero-order chi connectivity index (χ0) is 12.2. The molecule has 0 N–H and O–H groups in total. The first kappa shape index (κ1) is 15.5. The molecule has 0 aromatic rings. The predicted octanol–water partition coefficient (Wildman–Crippen LogP) is 2.14. The SMILES string of the molecule is CCN(C(C)C)C(C)C([O][Sn])C(F)(F)F. The Balaban J connectivity index is 4.70. The summed E-state index contributed by atoms with van der Waals surface area (Å²) in [6.07, 6.45) is -5.97. The topological polar surface area (TPSA) is 12.5 Å². The molecule has 0 aliphatic heterocycles. The third-order valence-corrected chi connectivity index (χ3v) is 3.16. The molecule has 0 amide bonds. The van der Waals surface area contributed by atoms with E-state index in [-0.39, 0.29) is 6.04 Å². The summed E-state index contributed by atoms with van der Waals surface area (Å²) in [6, 6.07) is -0.560. The number of hydrogen-bond acceptors (Lipinski definition) is 2. The first-order valence-corrected chi connectivity index (χ1v) is 6.07. The molecule has 0 heterocycles. The minimum atomic E-state index is -4.29. The van der Waals surface area contributed by atoms with E-state index < -0.39 is 18.3 Å². The zero-order valence-corrected chi connectivity index (χ0v) is 12.3. The van der Waals surface area contributed by atoms with Crippen LogP contribution in [0.25, 0.3) is 0 Å². The number of hydrogen-bond donors (Lipinski definition) is 0. The zero-order valence-electron chi connectivity index (χ0n) is 9.43. The molecule has 2 nitrogen and oxygen atoms in total. The van der Waals surface area contributed by atoms with Crippen LogP contribution in [0, 0.1) is 0 Å². The molecule has 0 aliphatic rings. The van der Waals surface area contributed by atoms with Crippen molar-refractivity contribution >= 4 is 22.9 Å². The summed E-state index contributed by atoms with van der Waals surface area (Å²) in [5.41, 5.74) is 0. The number of halogens is 3. The van der Waals surface area contributed by atoms with Crippen molar-refractivity contribution in [2.75, 3.05) is 6.54 Å². The van der Waals surface area contributed by atoms with Crippen LogP contribution in [-0.4, -0.2) is 58.7 Å². The second-order valence-electron chi connectivity index (χ2n) is 3.74. The van der Waals surface area contributed by atoms with Gasteiger partial charge in [0.2, 0.25) is 0 Å². The van der Waals surface area contributed by atoms with Crippen LogP contribution >= 0.6 is 0 Å². The van der Waals surface area contributed by atoms with Gasteiger partial charge < -0.3 is 0 Å². The Kier molecular flexibility index (Phi) is 6.51. The normalized spacial score (nSPS) is 17.2. The average Bonchev–Trinajstić information content (AvgIpc) is 2.02. The van der Waals surface area contributed by atoms with Crippen LogP contribution in [0.1, 0.15) is 27.7 Å². The molecular formula is C9H17F3NOSn. The van der Waals surface area contributed by atoms with Crippen molar-refractivity contribution in [2.45, 2.75) is 52.1 Å². The van der Waals surface area contributed by atoms with E-state index in [1.165, 1.54) is 0 Å². The molecule has 0 rings (SSSR count). The van der Waals surface area contributed by atoms with Crippen molar-refractivity contribution in [1.82, 2.24) is 4.90 Å². The van der Waals surface area contributed by atoms with E-state index in [0.29, 0.717) is 29.5 Å². The molecule has 0 spiro atoms. The Hall–Kier alpha value is 0.509. The van der Waals surface area contributed by atoms with Gasteiger partial charge in [-0.1, -0.05) is 0 Å². The molecule has 0 saturated carbocycles. The van der Waals surface area contributed by atoms with Gasteiger partial charge in [0.1, 0.15) is 0 Å². The van der Waals surface area contributed by atoms with Crippen molar-refractivity contribution in [2.24, 2.45) is 0 Å². The van der Waals surface area contributed by atoms with Gasteiger partial charge in [-0.2, -0.15) is 0 Å². The van der Waals surface area contributed by atoms with Gasteiger partial charge in [-0.3, -0.25) is 0 Å². The monoisotopic (exact) mass is 332 g/mol. The third kappa shape index (κ3) is 4.48. The Bertz CT molecular complexity index is 187. The van der Waals surface area contributed by atoms with Gasteiger partial charge in [0.05, 0.1) is 0 Å². The quantitative estimate of drug-likeness (QED) is 0.716. The Morgan fingerprint density at radius 1 is 1.27 bits per heavy atom. The molecule has 0 aromatic carbocycles. The van der Waals surface area contributed by atoms with Crippen LogP contribution in [-0.2, 0) is 3.07 Å². The van der Waals surface area contributed by atoms with Gasteiger partial charge in [0.25, 0.3) is 0 Å². The molecule has 2 unspecified atom stereocenters. The van der Waals surface area contributed by atoms with Crippen molar-refractivity contribution in [3.8, 4) is 0 Å². The summed E-state index contributed by atoms with van der Waals surface area (Å²) in [5, 5.41) is 0. The maximum absolute atomic E-state index is 12.6. The molecule has 3 radical (unpaired) electrons. The van der Waals surface area contributed by atoms with E-state index in [1.54, 1.807) is 11.8 Å². The summed E-state index contributed by atoms with van der Waals surface area (Å²) >= 11 is 0.451. The van der Waals surface area contributed by atoms with Crippen molar-refractivity contribution in [3.63, 3.8) is 0 Å². The molecule has 2 atom stereocenters. The molecule has 0 saturated heterocycles. The van der Waals surface area contributed by atoms with Gasteiger partial charge in [-0.25, -0.2) is 0 Å². The first-order valence-electron chi connectivity index (χ1n) is 4.90. The molecule has 89 valence electrons. The number of rotatable bonds is 5. The minimum absolute atomic E-state index is 0.0841. The van der Waals surface area contributed by atoms with Crippen molar-refractivity contribution in [3.05, 3.63) is 0 Å². The predicted molar refractivity (Wildman–Crippen MR) is 53.7 cm³/mol. The number of likely N-dealkylation sites (N-methyl/N-ethyl adjacent to an activating group) is 1. The van der Waals surface area contributed by atoms with E-state index in [1.807, 2.05) is 20.8 Å². The second-order valence-corrected chi connectivity index (χ2v) is 4.42. The fraction of sp³-hybridized carbons (Fsp3) is 1.00. The third-order valence-electron chi connectivity index (χ3n) is 2.44. The first-order chi connectivity index (χ1) is 6.75. The molecule has 15 heavy (non-hydrogen) atoms. The van der Waals surface area contributed by atoms with Crippen LogP contribution in [0.2, 0.25) is 0 Å². The summed E-state index contributed by atoms with van der Waals surface area (Å²) in [7, 11) is 0. The Morgan fingerprint density at radius 3 is 1.93 bits per heavy atom. The number of alkyl halides is 3. The van der Waals surface area contributed by atoms with Crippen molar-refractivity contribution in [1.29, 1.82) is 0 Å². The molecule has 0 aliphatic carbocycles. The van der Waals surface area contributed by atoms with Crippen LogP contribution in [0.4, 0.5) is 13.2 Å². The van der Waals surface area contributed by atoms with Gasteiger partial charge in [0, 0.05) is 0 Å². The van der Waals surface area contributed by atoms with Gasteiger partial charge in [-0.15, -0.1) is 0 Å². The summed E-state index contributed by atoms with van der Waals surface area (Å²) in [4.78, 5) is 1.78. The second kappa shape index (κ2) is 6.29. The molecule has 0 fully saturated rings. The fourth-order valence-corrected chi connectivity index (χ4v) is 2.68. The van der Waals surface area contributed by atoms with E-state index in [4.69, 9.17) is 0 Å². The summed E-state index contributed by atoms with van der Waals surface area (Å²) in [6.45, 7) is 7.77. The van der Waals surface area contributed by atoms with Crippen LogP contribution in [0.3, 0.4) is 0 Å². The molecular weight excluding hydrogens is 314 g/mol. The van der Waals surface area contributed by atoms with E-state index in [2.05, 4.69) is 3.07 Å². The molecule has 6 heteroatoms. The Labute approximate surface area is 103 Å². The van der Waals surface area contributed by atoms with Crippen LogP contribution < -0.4 is 0 Å². The number of nitrogens with zero attached hydrogens (tertiary/aromatic N) is 1. The average molecular weight is 331 g/mol. The molecule has 0 bridgehead atoms. The van der Waals surface area contributed by atoms with Crippen LogP contribution in [0.15, 0.2) is 0 Å². The van der Waals surface area contributed by atoms with E-state index >= 15 is 0 Å². The standard InChI is InChI=1S/C9H17F3NO.Sn/c1-5-13(6(2)3)7(4)8(14)9(10,11)12;/h6-8H,5H2,1-4H3;/q-1;+1.